The number of nitrogens with zero attached hydrogens (tertiary/aromatic N) is 1. The molecule has 1 aromatic carbocycles. The van der Waals surface area contributed by atoms with Gasteiger partial charge in [-0.15, -0.1) is 0 Å². The molecule has 0 bridgehead atoms. The van der Waals surface area contributed by atoms with E-state index in [-0.39, 0.29) is 0 Å². The van der Waals surface area contributed by atoms with Gasteiger partial charge in [0.25, 0.3) is 0 Å². The first-order valence-corrected chi connectivity index (χ1v) is 8.68. The molecule has 1 aliphatic rings. The van der Waals surface area contributed by atoms with Gasteiger partial charge >= 0.3 is 6.09 Å². The first kappa shape index (κ1) is 18.7. The molecule has 4 N–H and O–H groups in total. The van der Waals surface area contributed by atoms with Gasteiger partial charge in [-0.3, -0.25) is 0 Å². The molecule has 1 aliphatic heterocycles. The molecule has 1 heterocycles. The largest absolute Gasteiger partial charge is 0.465 e. The SMILES string of the molecule is CN1CCCC1CCNC[C@@H](O)[C@H](Cc1ccccc1)NC(=O)O. The van der Waals surface area contributed by atoms with E-state index in [1.807, 2.05) is 30.3 Å². The van der Waals surface area contributed by atoms with E-state index >= 15 is 0 Å². The minimum atomic E-state index is -1.11. The Morgan fingerprint density at radius 3 is 2.75 bits per heavy atom. The van der Waals surface area contributed by atoms with Gasteiger partial charge < -0.3 is 25.7 Å². The average Bonchev–Trinajstić information content (AvgIpc) is 2.96. The van der Waals surface area contributed by atoms with Gasteiger partial charge in [0, 0.05) is 12.6 Å². The lowest BCUT2D eigenvalue weighted by Gasteiger charge is -2.24. The van der Waals surface area contributed by atoms with Crippen LogP contribution in [-0.2, 0) is 6.42 Å². The number of nitrogens with one attached hydrogen (secondary N) is 2. The Hall–Kier alpha value is -1.63. The lowest BCUT2D eigenvalue weighted by Crippen LogP contribution is -2.48. The smallest absolute Gasteiger partial charge is 0.404 e. The number of aliphatic hydroxyl groups excluding tert-OH is 1. The van der Waals surface area contributed by atoms with Crippen LogP contribution in [0.2, 0.25) is 0 Å². The van der Waals surface area contributed by atoms with Crippen LogP contribution in [0.25, 0.3) is 0 Å². The fourth-order valence-corrected chi connectivity index (χ4v) is 3.31. The fraction of sp³-hybridized carbons (Fsp3) is 0.611. The van der Waals surface area contributed by atoms with Crippen LogP contribution in [0.1, 0.15) is 24.8 Å². The molecule has 1 saturated heterocycles. The van der Waals surface area contributed by atoms with Crippen LogP contribution in [0, 0.1) is 0 Å². The minimum absolute atomic E-state index is 0.383. The summed E-state index contributed by atoms with van der Waals surface area (Å²) in [6.07, 6.45) is 2.15. The van der Waals surface area contributed by atoms with Crippen LogP contribution in [0.4, 0.5) is 4.79 Å². The summed E-state index contributed by atoms with van der Waals surface area (Å²) in [5.74, 6) is 0. The van der Waals surface area contributed by atoms with Crippen molar-refractivity contribution < 1.29 is 15.0 Å². The lowest BCUT2D eigenvalue weighted by atomic mass is 10.0. The summed E-state index contributed by atoms with van der Waals surface area (Å²) in [5, 5.41) is 25.1. The number of benzene rings is 1. The molecule has 24 heavy (non-hydrogen) atoms. The van der Waals surface area contributed by atoms with Crippen molar-refractivity contribution >= 4 is 6.09 Å². The second kappa shape index (κ2) is 9.61. The summed E-state index contributed by atoms with van der Waals surface area (Å²) in [6.45, 7) is 2.38. The Balaban J connectivity index is 1.76. The van der Waals surface area contributed by atoms with Gasteiger partial charge in [0.15, 0.2) is 0 Å². The quantitative estimate of drug-likeness (QED) is 0.511. The maximum Gasteiger partial charge on any atom is 0.404 e. The molecule has 1 amide bonds. The number of rotatable bonds is 9. The number of likely N-dealkylation sites (tertiary alicyclic amines) is 1. The van der Waals surface area contributed by atoms with E-state index in [4.69, 9.17) is 5.11 Å². The second-order valence-electron chi connectivity index (χ2n) is 6.58. The molecular weight excluding hydrogens is 306 g/mol. The first-order chi connectivity index (χ1) is 11.6. The Morgan fingerprint density at radius 2 is 2.12 bits per heavy atom. The predicted octanol–water partition coefficient (Wildman–Crippen LogP) is 1.30. The third-order valence-electron chi connectivity index (χ3n) is 4.75. The topological polar surface area (TPSA) is 84.8 Å². The lowest BCUT2D eigenvalue weighted by molar-refractivity contribution is 0.117. The zero-order valence-corrected chi connectivity index (χ0v) is 14.3. The molecule has 0 saturated carbocycles. The van der Waals surface area contributed by atoms with E-state index in [0.29, 0.717) is 19.0 Å². The van der Waals surface area contributed by atoms with Crippen molar-refractivity contribution in [3.05, 3.63) is 35.9 Å². The van der Waals surface area contributed by atoms with Crippen LogP contribution in [0.3, 0.4) is 0 Å². The summed E-state index contributed by atoms with van der Waals surface area (Å²) in [4.78, 5) is 13.4. The molecule has 6 heteroatoms. The summed E-state index contributed by atoms with van der Waals surface area (Å²) in [7, 11) is 2.15. The van der Waals surface area contributed by atoms with Crippen LogP contribution >= 0.6 is 0 Å². The molecule has 0 radical (unpaired) electrons. The molecule has 6 nitrogen and oxygen atoms in total. The van der Waals surface area contributed by atoms with Crippen LogP contribution in [-0.4, -0.2) is 66.1 Å². The van der Waals surface area contributed by atoms with E-state index in [1.165, 1.54) is 12.8 Å². The molecule has 1 aromatic rings. The van der Waals surface area contributed by atoms with Crippen molar-refractivity contribution in [2.75, 3.05) is 26.7 Å². The monoisotopic (exact) mass is 335 g/mol. The normalized spacial score (nSPS) is 20.7. The highest BCUT2D eigenvalue weighted by Gasteiger charge is 2.22. The third kappa shape index (κ3) is 6.11. The number of hydrogen-bond acceptors (Lipinski definition) is 4. The van der Waals surface area contributed by atoms with Gasteiger partial charge in [-0.1, -0.05) is 30.3 Å². The summed E-state index contributed by atoms with van der Waals surface area (Å²) < 4.78 is 0. The summed E-state index contributed by atoms with van der Waals surface area (Å²) in [6, 6.07) is 9.71. The molecular formula is C18H29N3O3. The van der Waals surface area contributed by atoms with Crippen molar-refractivity contribution in [2.24, 2.45) is 0 Å². The van der Waals surface area contributed by atoms with Crippen LogP contribution in [0.5, 0.6) is 0 Å². The number of carboxylic acid groups (broad SMARTS) is 1. The molecule has 0 spiro atoms. The van der Waals surface area contributed by atoms with Crippen LogP contribution in [0.15, 0.2) is 30.3 Å². The van der Waals surface area contributed by atoms with E-state index in [1.54, 1.807) is 0 Å². The molecule has 0 aliphatic carbocycles. The van der Waals surface area contributed by atoms with Gasteiger partial charge in [0.1, 0.15) is 0 Å². The Labute approximate surface area is 143 Å². The van der Waals surface area contributed by atoms with Gasteiger partial charge in [-0.2, -0.15) is 0 Å². The molecule has 2 rings (SSSR count). The van der Waals surface area contributed by atoms with Crippen molar-refractivity contribution in [2.45, 2.75) is 43.9 Å². The number of aliphatic hydroxyl groups is 1. The number of hydrogen-bond donors (Lipinski definition) is 4. The fourth-order valence-electron chi connectivity index (χ4n) is 3.31. The zero-order valence-electron chi connectivity index (χ0n) is 14.3. The van der Waals surface area contributed by atoms with E-state index in [9.17, 15) is 9.90 Å². The maximum atomic E-state index is 11.0. The van der Waals surface area contributed by atoms with Crippen molar-refractivity contribution in [3.8, 4) is 0 Å². The molecule has 0 aromatic heterocycles. The van der Waals surface area contributed by atoms with Gasteiger partial charge in [-0.25, -0.2) is 4.79 Å². The van der Waals surface area contributed by atoms with Crippen molar-refractivity contribution in [3.63, 3.8) is 0 Å². The Morgan fingerprint density at radius 1 is 1.38 bits per heavy atom. The summed E-state index contributed by atoms with van der Waals surface area (Å²) >= 11 is 0. The number of amides is 1. The number of carbonyl (C=O) groups is 1. The highest BCUT2D eigenvalue weighted by Crippen LogP contribution is 2.17. The van der Waals surface area contributed by atoms with E-state index in [2.05, 4.69) is 22.6 Å². The van der Waals surface area contributed by atoms with Crippen LogP contribution < -0.4 is 10.6 Å². The standard InChI is InChI=1S/C18H29N3O3/c1-21-11-5-8-15(21)9-10-19-13-17(22)16(20-18(23)24)12-14-6-3-2-4-7-14/h2-4,6-7,15-17,19-20,22H,5,8-13H2,1H3,(H,23,24)/t15?,16-,17+/m0/s1. The molecule has 3 atom stereocenters. The second-order valence-corrected chi connectivity index (χ2v) is 6.58. The molecule has 1 unspecified atom stereocenters. The summed E-state index contributed by atoms with van der Waals surface area (Å²) in [5.41, 5.74) is 1.00. The van der Waals surface area contributed by atoms with Gasteiger partial charge in [-0.05, 0) is 51.4 Å². The van der Waals surface area contributed by atoms with Crippen molar-refractivity contribution in [1.29, 1.82) is 0 Å². The first-order valence-electron chi connectivity index (χ1n) is 8.68. The Bertz CT molecular complexity index is 498. The highest BCUT2D eigenvalue weighted by molar-refractivity contribution is 5.65. The van der Waals surface area contributed by atoms with E-state index < -0.39 is 18.2 Å². The molecule has 134 valence electrons. The van der Waals surface area contributed by atoms with E-state index in [0.717, 1.165) is 25.1 Å². The minimum Gasteiger partial charge on any atom is -0.465 e. The molecule has 1 fully saturated rings. The predicted molar refractivity (Wildman–Crippen MR) is 94.2 cm³/mol. The van der Waals surface area contributed by atoms with Gasteiger partial charge in [0.05, 0.1) is 12.1 Å². The Kier molecular flexibility index (Phi) is 7.49. The average molecular weight is 335 g/mol. The van der Waals surface area contributed by atoms with Crippen molar-refractivity contribution in [1.82, 2.24) is 15.5 Å². The zero-order chi connectivity index (χ0) is 17.4. The third-order valence-corrected chi connectivity index (χ3v) is 4.75. The highest BCUT2D eigenvalue weighted by atomic mass is 16.4. The maximum absolute atomic E-state index is 11.0. The van der Waals surface area contributed by atoms with Gasteiger partial charge in [0.2, 0.25) is 0 Å².